The highest BCUT2D eigenvalue weighted by atomic mass is 16.5. The van der Waals surface area contributed by atoms with E-state index in [1.165, 1.54) is 23.9 Å². The molecule has 2 aliphatic rings. The molecule has 2 saturated heterocycles. The Bertz CT molecular complexity index is 627. The standard InChI is InChI=1S/C18H30N6O3/c1-27-13-18(6-8-19-9-7-18)16(26)21-17-20-14-24(22-17)12-15(25)23-10-4-2-3-5-11-23/h14,19H,2-13H2,1H3,(H,21,22,26). The van der Waals surface area contributed by atoms with Crippen LogP contribution >= 0.6 is 0 Å². The molecule has 9 nitrogen and oxygen atoms in total. The largest absolute Gasteiger partial charge is 0.384 e. The highest BCUT2D eigenvalue weighted by Gasteiger charge is 2.40. The van der Waals surface area contributed by atoms with E-state index in [-0.39, 0.29) is 24.3 Å². The molecule has 0 radical (unpaired) electrons. The van der Waals surface area contributed by atoms with E-state index in [2.05, 4.69) is 20.7 Å². The van der Waals surface area contributed by atoms with Gasteiger partial charge in [0.2, 0.25) is 17.8 Å². The summed E-state index contributed by atoms with van der Waals surface area (Å²) in [6.45, 7) is 3.70. The van der Waals surface area contributed by atoms with Crippen LogP contribution in [0.5, 0.6) is 0 Å². The topological polar surface area (TPSA) is 101 Å². The number of carbonyl (C=O) groups is 2. The van der Waals surface area contributed by atoms with E-state index < -0.39 is 5.41 Å². The average Bonchev–Trinajstić information content (AvgIpc) is 2.93. The molecule has 0 aromatic carbocycles. The van der Waals surface area contributed by atoms with E-state index in [0.29, 0.717) is 19.4 Å². The lowest BCUT2D eigenvalue weighted by atomic mass is 9.79. The van der Waals surface area contributed by atoms with Crippen molar-refractivity contribution in [1.82, 2.24) is 25.0 Å². The van der Waals surface area contributed by atoms with Gasteiger partial charge in [0.1, 0.15) is 12.9 Å². The second kappa shape index (κ2) is 9.27. The molecule has 0 spiro atoms. The van der Waals surface area contributed by atoms with Gasteiger partial charge in [0.25, 0.3) is 0 Å². The number of hydrogen-bond acceptors (Lipinski definition) is 6. The first-order valence-corrected chi connectivity index (χ1v) is 9.81. The fourth-order valence-corrected chi connectivity index (χ4v) is 3.84. The smallest absolute Gasteiger partial charge is 0.248 e. The Kier molecular flexibility index (Phi) is 6.78. The maximum Gasteiger partial charge on any atom is 0.248 e. The summed E-state index contributed by atoms with van der Waals surface area (Å²) in [6, 6.07) is 0. The van der Waals surface area contributed by atoms with Crippen molar-refractivity contribution in [1.29, 1.82) is 0 Å². The van der Waals surface area contributed by atoms with E-state index in [0.717, 1.165) is 39.0 Å². The molecule has 3 rings (SSSR count). The molecule has 0 atom stereocenters. The van der Waals surface area contributed by atoms with Gasteiger partial charge in [-0.25, -0.2) is 9.67 Å². The van der Waals surface area contributed by atoms with Crippen LogP contribution in [-0.4, -0.2) is 71.4 Å². The van der Waals surface area contributed by atoms with Gasteiger partial charge < -0.3 is 15.0 Å². The van der Waals surface area contributed by atoms with Crippen LogP contribution in [0.15, 0.2) is 6.33 Å². The molecule has 2 amide bonds. The predicted octanol–water partition coefficient (Wildman–Crippen LogP) is 0.635. The highest BCUT2D eigenvalue weighted by molar-refractivity contribution is 5.94. The van der Waals surface area contributed by atoms with Crippen LogP contribution in [0, 0.1) is 5.41 Å². The molecular weight excluding hydrogens is 348 g/mol. The normalized spacial score (nSPS) is 20.1. The second-order valence-corrected chi connectivity index (χ2v) is 7.48. The molecule has 2 fully saturated rings. The zero-order valence-electron chi connectivity index (χ0n) is 16.1. The van der Waals surface area contributed by atoms with Crippen molar-refractivity contribution in [2.45, 2.75) is 45.1 Å². The second-order valence-electron chi connectivity index (χ2n) is 7.48. The number of aromatic nitrogens is 3. The number of ether oxygens (including phenoxy) is 1. The average molecular weight is 378 g/mol. The Morgan fingerprint density at radius 1 is 1.22 bits per heavy atom. The molecule has 2 aliphatic heterocycles. The number of carbonyl (C=O) groups excluding carboxylic acids is 2. The number of piperidine rings is 1. The third-order valence-corrected chi connectivity index (χ3v) is 5.48. The first-order chi connectivity index (χ1) is 13.1. The summed E-state index contributed by atoms with van der Waals surface area (Å²) in [7, 11) is 1.61. The molecule has 0 aliphatic carbocycles. The molecule has 0 unspecified atom stereocenters. The van der Waals surface area contributed by atoms with Gasteiger partial charge in [0.05, 0.1) is 12.0 Å². The molecule has 0 bridgehead atoms. The van der Waals surface area contributed by atoms with E-state index in [1.54, 1.807) is 7.11 Å². The first kappa shape index (κ1) is 19.8. The van der Waals surface area contributed by atoms with E-state index in [1.807, 2.05) is 4.90 Å². The predicted molar refractivity (Wildman–Crippen MR) is 100 cm³/mol. The third kappa shape index (κ3) is 5.04. The summed E-state index contributed by atoms with van der Waals surface area (Å²) in [5, 5.41) is 10.3. The fraction of sp³-hybridized carbons (Fsp3) is 0.778. The quantitative estimate of drug-likeness (QED) is 0.753. The van der Waals surface area contributed by atoms with E-state index >= 15 is 0 Å². The Balaban J connectivity index is 1.58. The lowest BCUT2D eigenvalue weighted by molar-refractivity contribution is -0.132. The van der Waals surface area contributed by atoms with Gasteiger partial charge in [-0.3, -0.25) is 14.9 Å². The van der Waals surface area contributed by atoms with Gasteiger partial charge in [-0.05, 0) is 38.8 Å². The van der Waals surface area contributed by atoms with Crippen LogP contribution in [0.2, 0.25) is 0 Å². The summed E-state index contributed by atoms with van der Waals surface area (Å²) in [5.41, 5.74) is -0.562. The molecule has 27 heavy (non-hydrogen) atoms. The van der Waals surface area contributed by atoms with Crippen molar-refractivity contribution in [3.8, 4) is 0 Å². The minimum absolute atomic E-state index is 0.0499. The summed E-state index contributed by atoms with van der Waals surface area (Å²) >= 11 is 0. The zero-order valence-corrected chi connectivity index (χ0v) is 16.1. The lowest BCUT2D eigenvalue weighted by Crippen LogP contribution is -2.47. The Labute approximate surface area is 159 Å². The molecule has 150 valence electrons. The minimum atomic E-state index is -0.562. The number of methoxy groups -OCH3 is 1. The first-order valence-electron chi connectivity index (χ1n) is 9.81. The Morgan fingerprint density at radius 2 is 1.93 bits per heavy atom. The summed E-state index contributed by atoms with van der Waals surface area (Å²) in [6.07, 6.45) is 7.39. The molecule has 9 heteroatoms. The van der Waals surface area contributed by atoms with Gasteiger partial charge in [-0.15, -0.1) is 5.10 Å². The maximum atomic E-state index is 12.8. The van der Waals surface area contributed by atoms with Gasteiger partial charge >= 0.3 is 0 Å². The van der Waals surface area contributed by atoms with Crippen LogP contribution in [0.1, 0.15) is 38.5 Å². The number of anilines is 1. The van der Waals surface area contributed by atoms with Crippen molar-refractivity contribution >= 4 is 17.8 Å². The van der Waals surface area contributed by atoms with Crippen LogP contribution in [0.25, 0.3) is 0 Å². The SMILES string of the molecule is COCC1(C(=O)Nc2ncn(CC(=O)N3CCCCCC3)n2)CCNCC1. The highest BCUT2D eigenvalue weighted by Crippen LogP contribution is 2.30. The fourth-order valence-electron chi connectivity index (χ4n) is 3.84. The van der Waals surface area contributed by atoms with Crippen LogP contribution in [0.4, 0.5) is 5.95 Å². The lowest BCUT2D eigenvalue weighted by Gasteiger charge is -2.35. The van der Waals surface area contributed by atoms with Gasteiger partial charge in [-0.1, -0.05) is 12.8 Å². The van der Waals surface area contributed by atoms with Crippen LogP contribution in [0.3, 0.4) is 0 Å². The van der Waals surface area contributed by atoms with Gasteiger partial charge in [0.15, 0.2) is 0 Å². The minimum Gasteiger partial charge on any atom is -0.384 e. The Hall–Kier alpha value is -2.00. The number of likely N-dealkylation sites (tertiary alicyclic amines) is 1. The van der Waals surface area contributed by atoms with Crippen molar-refractivity contribution in [2.75, 3.05) is 45.2 Å². The van der Waals surface area contributed by atoms with Crippen LogP contribution < -0.4 is 10.6 Å². The van der Waals surface area contributed by atoms with Crippen molar-refractivity contribution in [2.24, 2.45) is 5.41 Å². The van der Waals surface area contributed by atoms with Gasteiger partial charge in [-0.2, -0.15) is 0 Å². The zero-order chi connectivity index (χ0) is 19.1. The number of amides is 2. The van der Waals surface area contributed by atoms with E-state index in [9.17, 15) is 9.59 Å². The third-order valence-electron chi connectivity index (χ3n) is 5.48. The summed E-state index contributed by atoms with van der Waals surface area (Å²) < 4.78 is 6.79. The van der Waals surface area contributed by atoms with Crippen molar-refractivity contribution < 1.29 is 14.3 Å². The molecule has 1 aromatic heterocycles. The summed E-state index contributed by atoms with van der Waals surface area (Å²) in [5.74, 6) is 0.161. The van der Waals surface area contributed by atoms with Gasteiger partial charge in [0, 0.05) is 20.2 Å². The number of rotatable bonds is 6. The molecule has 0 saturated carbocycles. The van der Waals surface area contributed by atoms with Crippen molar-refractivity contribution in [3.05, 3.63) is 6.33 Å². The van der Waals surface area contributed by atoms with Crippen LogP contribution in [-0.2, 0) is 20.9 Å². The molecule has 1 aromatic rings. The molecule has 3 heterocycles. The Morgan fingerprint density at radius 3 is 2.59 bits per heavy atom. The maximum absolute atomic E-state index is 12.8. The molecule has 2 N–H and O–H groups in total. The monoisotopic (exact) mass is 378 g/mol. The molecular formula is C18H30N6O3. The number of nitrogens with one attached hydrogen (secondary N) is 2. The summed E-state index contributed by atoms with van der Waals surface area (Å²) in [4.78, 5) is 31.3. The van der Waals surface area contributed by atoms with E-state index in [4.69, 9.17) is 4.74 Å². The number of hydrogen-bond donors (Lipinski definition) is 2. The van der Waals surface area contributed by atoms with Crippen molar-refractivity contribution in [3.63, 3.8) is 0 Å². The number of nitrogens with zero attached hydrogens (tertiary/aromatic N) is 4.